The summed E-state index contributed by atoms with van der Waals surface area (Å²) < 4.78 is 0. The van der Waals surface area contributed by atoms with Crippen molar-refractivity contribution in [1.82, 2.24) is 5.32 Å². The van der Waals surface area contributed by atoms with Crippen LogP contribution in [-0.2, 0) is 0 Å². The van der Waals surface area contributed by atoms with E-state index in [-0.39, 0.29) is 12.0 Å². The summed E-state index contributed by atoms with van der Waals surface area (Å²) >= 11 is 0. The summed E-state index contributed by atoms with van der Waals surface area (Å²) in [7, 11) is 0. The standard InChI is InChI=1S/C15H22N2O2/c1-15(2,7-8-18)11-17-10-14(19)13-5-3-12(9-16)4-6-13/h3-6,14,17-19H,7-8,10-11H2,1-2H3. The number of nitrogens with one attached hydrogen (secondary N) is 1. The first-order chi connectivity index (χ1) is 8.98. The second kappa shape index (κ2) is 7.25. The van der Waals surface area contributed by atoms with Crippen LogP contribution in [0.2, 0.25) is 0 Å². The Balaban J connectivity index is 2.42. The van der Waals surface area contributed by atoms with Gasteiger partial charge in [0.2, 0.25) is 0 Å². The summed E-state index contributed by atoms with van der Waals surface area (Å²) in [6.45, 7) is 5.52. The first-order valence-electron chi connectivity index (χ1n) is 6.48. The lowest BCUT2D eigenvalue weighted by Crippen LogP contribution is -2.32. The van der Waals surface area contributed by atoms with Gasteiger partial charge in [-0.05, 0) is 29.5 Å². The lowest BCUT2D eigenvalue weighted by Gasteiger charge is -2.24. The SMILES string of the molecule is CC(C)(CCO)CNCC(O)c1ccc(C#N)cc1. The molecule has 0 saturated carbocycles. The van der Waals surface area contributed by atoms with Crippen molar-refractivity contribution in [3.63, 3.8) is 0 Å². The highest BCUT2D eigenvalue weighted by Gasteiger charge is 2.17. The van der Waals surface area contributed by atoms with Gasteiger partial charge < -0.3 is 15.5 Å². The number of aliphatic hydroxyl groups excluding tert-OH is 2. The van der Waals surface area contributed by atoms with Crippen LogP contribution >= 0.6 is 0 Å². The van der Waals surface area contributed by atoms with Crippen molar-refractivity contribution >= 4 is 0 Å². The molecule has 3 N–H and O–H groups in total. The van der Waals surface area contributed by atoms with E-state index in [0.717, 1.165) is 18.5 Å². The van der Waals surface area contributed by atoms with Gasteiger partial charge >= 0.3 is 0 Å². The quantitative estimate of drug-likeness (QED) is 0.697. The highest BCUT2D eigenvalue weighted by atomic mass is 16.3. The minimum atomic E-state index is -0.585. The molecular formula is C15H22N2O2. The molecule has 0 aliphatic carbocycles. The molecule has 0 aromatic heterocycles. The molecule has 0 fully saturated rings. The van der Waals surface area contributed by atoms with Gasteiger partial charge in [-0.2, -0.15) is 5.26 Å². The molecule has 0 spiro atoms. The lowest BCUT2D eigenvalue weighted by molar-refractivity contribution is 0.161. The van der Waals surface area contributed by atoms with Crippen LogP contribution < -0.4 is 5.32 Å². The zero-order chi connectivity index (χ0) is 14.3. The number of nitrogens with zero attached hydrogens (tertiary/aromatic N) is 1. The number of nitriles is 1. The monoisotopic (exact) mass is 262 g/mol. The van der Waals surface area contributed by atoms with Gasteiger partial charge in [0, 0.05) is 19.7 Å². The predicted molar refractivity (Wildman–Crippen MR) is 74.5 cm³/mol. The van der Waals surface area contributed by atoms with Crippen molar-refractivity contribution in [3.8, 4) is 6.07 Å². The average Bonchev–Trinajstić information content (AvgIpc) is 2.38. The highest BCUT2D eigenvalue weighted by molar-refractivity contribution is 5.32. The van der Waals surface area contributed by atoms with Gasteiger partial charge in [-0.25, -0.2) is 0 Å². The van der Waals surface area contributed by atoms with Crippen molar-refractivity contribution in [3.05, 3.63) is 35.4 Å². The van der Waals surface area contributed by atoms with E-state index in [4.69, 9.17) is 10.4 Å². The van der Waals surface area contributed by atoms with Crippen molar-refractivity contribution < 1.29 is 10.2 Å². The van der Waals surface area contributed by atoms with Gasteiger partial charge in [0.25, 0.3) is 0 Å². The largest absolute Gasteiger partial charge is 0.396 e. The maximum atomic E-state index is 10.0. The molecule has 104 valence electrons. The Morgan fingerprint density at radius 2 is 1.95 bits per heavy atom. The topological polar surface area (TPSA) is 76.3 Å². The van der Waals surface area contributed by atoms with Crippen molar-refractivity contribution in [2.45, 2.75) is 26.4 Å². The van der Waals surface area contributed by atoms with Gasteiger partial charge in [0.15, 0.2) is 0 Å². The van der Waals surface area contributed by atoms with Crippen LogP contribution in [-0.4, -0.2) is 29.9 Å². The average molecular weight is 262 g/mol. The minimum Gasteiger partial charge on any atom is -0.396 e. The van der Waals surface area contributed by atoms with Gasteiger partial charge in [-0.3, -0.25) is 0 Å². The van der Waals surface area contributed by atoms with Crippen LogP contribution in [0.3, 0.4) is 0 Å². The number of hydrogen-bond donors (Lipinski definition) is 3. The summed E-state index contributed by atoms with van der Waals surface area (Å²) in [6, 6.07) is 8.99. The third-order valence-corrected chi connectivity index (χ3v) is 3.15. The molecule has 0 heterocycles. The van der Waals surface area contributed by atoms with Crippen LogP contribution in [0.4, 0.5) is 0 Å². The smallest absolute Gasteiger partial charge is 0.0991 e. The van der Waals surface area contributed by atoms with Gasteiger partial charge in [-0.1, -0.05) is 26.0 Å². The third kappa shape index (κ3) is 5.39. The second-order valence-electron chi connectivity index (χ2n) is 5.52. The van der Waals surface area contributed by atoms with E-state index in [1.54, 1.807) is 24.3 Å². The fourth-order valence-electron chi connectivity index (χ4n) is 1.84. The van der Waals surface area contributed by atoms with E-state index >= 15 is 0 Å². The van der Waals surface area contributed by atoms with E-state index in [1.807, 2.05) is 6.07 Å². The molecule has 0 aliphatic heterocycles. The van der Waals surface area contributed by atoms with Crippen molar-refractivity contribution in [2.75, 3.05) is 19.7 Å². The number of benzene rings is 1. The normalized spacial score (nSPS) is 13.0. The molecule has 0 amide bonds. The number of rotatable bonds is 7. The van der Waals surface area contributed by atoms with Gasteiger partial charge in [-0.15, -0.1) is 0 Å². The van der Waals surface area contributed by atoms with Crippen LogP contribution in [0.5, 0.6) is 0 Å². The maximum Gasteiger partial charge on any atom is 0.0991 e. The van der Waals surface area contributed by atoms with Crippen LogP contribution in [0.1, 0.15) is 37.5 Å². The summed E-state index contributed by atoms with van der Waals surface area (Å²) in [5.74, 6) is 0. The van der Waals surface area contributed by atoms with Gasteiger partial charge in [0.05, 0.1) is 17.7 Å². The summed E-state index contributed by atoms with van der Waals surface area (Å²) in [6.07, 6.45) is 0.144. The first kappa shape index (κ1) is 15.6. The Hall–Kier alpha value is -1.41. The lowest BCUT2D eigenvalue weighted by atomic mass is 9.89. The Bertz CT molecular complexity index is 421. The fraction of sp³-hybridized carbons (Fsp3) is 0.533. The van der Waals surface area contributed by atoms with E-state index in [0.29, 0.717) is 12.1 Å². The van der Waals surface area contributed by atoms with Crippen LogP contribution in [0, 0.1) is 16.7 Å². The molecule has 0 saturated heterocycles. The zero-order valence-electron chi connectivity index (χ0n) is 11.6. The molecule has 19 heavy (non-hydrogen) atoms. The number of aliphatic hydroxyl groups is 2. The Kier molecular flexibility index (Phi) is 5.97. The highest BCUT2D eigenvalue weighted by Crippen LogP contribution is 2.19. The van der Waals surface area contributed by atoms with Crippen molar-refractivity contribution in [2.24, 2.45) is 5.41 Å². The van der Waals surface area contributed by atoms with E-state index < -0.39 is 6.10 Å². The fourth-order valence-corrected chi connectivity index (χ4v) is 1.84. The molecule has 1 unspecified atom stereocenters. The molecule has 4 nitrogen and oxygen atoms in total. The molecule has 0 bridgehead atoms. The molecule has 0 radical (unpaired) electrons. The zero-order valence-corrected chi connectivity index (χ0v) is 11.6. The molecule has 1 rings (SSSR count). The minimum absolute atomic E-state index is 0.0130. The summed E-state index contributed by atoms with van der Waals surface area (Å²) in [4.78, 5) is 0. The second-order valence-corrected chi connectivity index (χ2v) is 5.52. The van der Waals surface area contributed by atoms with Crippen LogP contribution in [0.15, 0.2) is 24.3 Å². The maximum absolute atomic E-state index is 10.0. The van der Waals surface area contributed by atoms with E-state index in [1.165, 1.54) is 0 Å². The van der Waals surface area contributed by atoms with E-state index in [9.17, 15) is 5.11 Å². The summed E-state index contributed by atoms with van der Waals surface area (Å²) in [5.41, 5.74) is 1.40. The molecule has 4 heteroatoms. The van der Waals surface area contributed by atoms with Crippen LogP contribution in [0.25, 0.3) is 0 Å². The molecule has 1 aromatic carbocycles. The van der Waals surface area contributed by atoms with E-state index in [2.05, 4.69) is 19.2 Å². The van der Waals surface area contributed by atoms with Crippen molar-refractivity contribution in [1.29, 1.82) is 5.26 Å². The van der Waals surface area contributed by atoms with Gasteiger partial charge in [0.1, 0.15) is 0 Å². The predicted octanol–water partition coefficient (Wildman–Crippen LogP) is 1.59. The Labute approximate surface area is 114 Å². The summed E-state index contributed by atoms with van der Waals surface area (Å²) in [5, 5.41) is 30.9. The number of hydrogen-bond acceptors (Lipinski definition) is 4. The molecule has 1 aromatic rings. The molecule has 1 atom stereocenters. The molecular weight excluding hydrogens is 240 g/mol. The molecule has 0 aliphatic rings. The first-order valence-corrected chi connectivity index (χ1v) is 6.48. The Morgan fingerprint density at radius 1 is 1.32 bits per heavy atom. The Morgan fingerprint density at radius 3 is 2.47 bits per heavy atom. The third-order valence-electron chi connectivity index (χ3n) is 3.15.